The van der Waals surface area contributed by atoms with Gasteiger partial charge in [0.25, 0.3) is 0 Å². The lowest BCUT2D eigenvalue weighted by atomic mass is 10.3. The summed E-state index contributed by atoms with van der Waals surface area (Å²) in [7, 11) is -3.82. The number of anilines is 1. The number of halogens is 2. The molecule has 130 valence electrons. The van der Waals surface area contributed by atoms with E-state index in [0.717, 1.165) is 6.07 Å². The Labute approximate surface area is 143 Å². The lowest BCUT2D eigenvalue weighted by Crippen LogP contribution is -2.28. The molecule has 1 heterocycles. The third-order valence-corrected chi connectivity index (χ3v) is 5.08. The van der Waals surface area contributed by atoms with E-state index in [1.54, 1.807) is 0 Å². The third kappa shape index (κ3) is 4.31. The van der Waals surface area contributed by atoms with Gasteiger partial charge in [-0.2, -0.15) is 0 Å². The fourth-order valence-corrected chi connectivity index (χ4v) is 3.56. The monoisotopic (exact) mass is 375 g/mol. The average Bonchev–Trinajstić information content (AvgIpc) is 2.82. The van der Waals surface area contributed by atoms with Crippen LogP contribution in [0.4, 0.5) is 10.1 Å². The van der Waals surface area contributed by atoms with Crippen LogP contribution in [-0.4, -0.2) is 26.0 Å². The summed E-state index contributed by atoms with van der Waals surface area (Å²) in [5.74, 6) is -0.869. The molecule has 10 heteroatoms. The Morgan fingerprint density at radius 1 is 1.38 bits per heavy atom. The number of benzene rings is 1. The average molecular weight is 376 g/mol. The normalized spacial score (nSPS) is 11.5. The van der Waals surface area contributed by atoms with Gasteiger partial charge in [-0.3, -0.25) is 4.79 Å². The standard InChI is InChI=1S/C14H15ClFN3O4S/c1-8-14(9(2)23-19-8)24(21,22)17-6-5-13(20)18-10-3-4-12(16)11(15)7-10/h3-4,7,17H,5-6H2,1-2H3,(H,18,20). The van der Waals surface area contributed by atoms with Crippen molar-refractivity contribution in [1.82, 2.24) is 9.88 Å². The molecule has 24 heavy (non-hydrogen) atoms. The lowest BCUT2D eigenvalue weighted by Gasteiger charge is -2.08. The molecule has 1 amide bonds. The molecule has 1 aromatic heterocycles. The van der Waals surface area contributed by atoms with Crippen molar-refractivity contribution < 1.29 is 22.1 Å². The first-order valence-corrected chi connectivity index (χ1v) is 8.74. The highest BCUT2D eigenvalue weighted by Crippen LogP contribution is 2.20. The van der Waals surface area contributed by atoms with E-state index in [0.29, 0.717) is 5.69 Å². The van der Waals surface area contributed by atoms with Gasteiger partial charge in [0.05, 0.1) is 5.02 Å². The van der Waals surface area contributed by atoms with E-state index < -0.39 is 21.7 Å². The zero-order valence-corrected chi connectivity index (χ0v) is 14.5. The molecule has 2 aromatic rings. The molecular formula is C14H15ClFN3O4S. The molecule has 0 unspecified atom stereocenters. The van der Waals surface area contributed by atoms with Crippen LogP contribution in [0.1, 0.15) is 17.9 Å². The number of nitrogens with zero attached hydrogens (tertiary/aromatic N) is 1. The predicted octanol–water partition coefficient (Wildman–Crippen LogP) is 2.39. The summed E-state index contributed by atoms with van der Waals surface area (Å²) >= 11 is 5.62. The molecule has 0 radical (unpaired) electrons. The number of amides is 1. The van der Waals surface area contributed by atoms with Crippen molar-refractivity contribution in [3.63, 3.8) is 0 Å². The summed E-state index contributed by atoms with van der Waals surface area (Å²) in [6, 6.07) is 3.74. The number of carbonyl (C=O) groups excluding carboxylic acids is 1. The Morgan fingerprint density at radius 2 is 2.08 bits per heavy atom. The molecule has 0 spiro atoms. The molecule has 0 saturated heterocycles. The zero-order chi connectivity index (χ0) is 17.9. The third-order valence-electron chi connectivity index (χ3n) is 3.08. The molecule has 1 aromatic carbocycles. The van der Waals surface area contributed by atoms with Crippen LogP contribution >= 0.6 is 11.6 Å². The number of aromatic nitrogens is 1. The second-order valence-corrected chi connectivity index (χ2v) is 7.09. The number of hydrogen-bond donors (Lipinski definition) is 2. The quantitative estimate of drug-likeness (QED) is 0.807. The summed E-state index contributed by atoms with van der Waals surface area (Å²) in [6.07, 6.45) is -0.113. The summed E-state index contributed by atoms with van der Waals surface area (Å²) < 4.78 is 44.5. The van der Waals surface area contributed by atoms with Gasteiger partial charge < -0.3 is 9.84 Å². The van der Waals surface area contributed by atoms with Crippen molar-refractivity contribution in [1.29, 1.82) is 0 Å². The van der Waals surface area contributed by atoms with Gasteiger partial charge in [0.2, 0.25) is 15.9 Å². The first-order chi connectivity index (χ1) is 11.2. The van der Waals surface area contributed by atoms with Crippen molar-refractivity contribution >= 4 is 33.2 Å². The van der Waals surface area contributed by atoms with Gasteiger partial charge >= 0.3 is 0 Å². The number of carbonyl (C=O) groups is 1. The highest BCUT2D eigenvalue weighted by atomic mass is 35.5. The minimum Gasteiger partial charge on any atom is -0.360 e. The first-order valence-electron chi connectivity index (χ1n) is 6.88. The van der Waals surface area contributed by atoms with Gasteiger partial charge in [0.1, 0.15) is 16.4 Å². The van der Waals surface area contributed by atoms with Crippen LogP contribution in [0.25, 0.3) is 0 Å². The topological polar surface area (TPSA) is 101 Å². The van der Waals surface area contributed by atoms with Crippen LogP contribution < -0.4 is 10.0 Å². The smallest absolute Gasteiger partial charge is 0.245 e. The Kier molecular flexibility index (Phi) is 5.58. The number of rotatable bonds is 6. The Morgan fingerprint density at radius 3 is 2.67 bits per heavy atom. The molecule has 0 aliphatic carbocycles. The van der Waals surface area contributed by atoms with Crippen LogP contribution in [0.5, 0.6) is 0 Å². The largest absolute Gasteiger partial charge is 0.360 e. The maximum atomic E-state index is 13.0. The van der Waals surface area contributed by atoms with Crippen molar-refractivity contribution in [2.24, 2.45) is 0 Å². The minimum absolute atomic E-state index is 0.0341. The summed E-state index contributed by atoms with van der Waals surface area (Å²) in [4.78, 5) is 11.8. The molecule has 0 aliphatic rings. The van der Waals surface area contributed by atoms with E-state index in [-0.39, 0.29) is 34.3 Å². The maximum absolute atomic E-state index is 13.0. The van der Waals surface area contributed by atoms with E-state index in [1.807, 2.05) is 0 Å². The van der Waals surface area contributed by atoms with Crippen molar-refractivity contribution in [2.45, 2.75) is 25.2 Å². The van der Waals surface area contributed by atoms with Gasteiger partial charge in [0, 0.05) is 18.7 Å². The van der Waals surface area contributed by atoms with E-state index in [1.165, 1.54) is 26.0 Å². The minimum atomic E-state index is -3.82. The predicted molar refractivity (Wildman–Crippen MR) is 85.8 cm³/mol. The van der Waals surface area contributed by atoms with Gasteiger partial charge in [-0.15, -0.1) is 0 Å². The SMILES string of the molecule is Cc1noc(C)c1S(=O)(=O)NCCC(=O)Nc1ccc(F)c(Cl)c1. The molecular weight excluding hydrogens is 361 g/mol. The first kappa shape index (κ1) is 18.4. The lowest BCUT2D eigenvalue weighted by molar-refractivity contribution is -0.116. The van der Waals surface area contributed by atoms with Gasteiger partial charge in [-0.05, 0) is 32.0 Å². The summed E-state index contributed by atoms with van der Waals surface area (Å²) in [5, 5.41) is 5.96. The highest BCUT2D eigenvalue weighted by molar-refractivity contribution is 7.89. The molecule has 0 bridgehead atoms. The Hall–Kier alpha value is -1.97. The number of aryl methyl sites for hydroxylation is 2. The van der Waals surface area contributed by atoms with Crippen molar-refractivity contribution in [3.8, 4) is 0 Å². The van der Waals surface area contributed by atoms with E-state index in [4.69, 9.17) is 16.1 Å². The second-order valence-electron chi connectivity index (χ2n) is 4.98. The van der Waals surface area contributed by atoms with Crippen LogP contribution in [-0.2, 0) is 14.8 Å². The number of sulfonamides is 1. The van der Waals surface area contributed by atoms with Crippen LogP contribution in [0.15, 0.2) is 27.6 Å². The molecule has 2 rings (SSSR count). The molecule has 0 aliphatic heterocycles. The maximum Gasteiger partial charge on any atom is 0.245 e. The van der Waals surface area contributed by atoms with Gasteiger partial charge in [-0.1, -0.05) is 16.8 Å². The van der Waals surface area contributed by atoms with Crippen LogP contribution in [0.3, 0.4) is 0 Å². The highest BCUT2D eigenvalue weighted by Gasteiger charge is 2.23. The van der Waals surface area contributed by atoms with Crippen molar-refractivity contribution in [2.75, 3.05) is 11.9 Å². The molecule has 7 nitrogen and oxygen atoms in total. The fourth-order valence-electron chi connectivity index (χ4n) is 2.03. The summed E-state index contributed by atoms with van der Waals surface area (Å²) in [6.45, 7) is 2.88. The molecule has 0 saturated carbocycles. The van der Waals surface area contributed by atoms with Crippen LogP contribution in [0, 0.1) is 19.7 Å². The van der Waals surface area contributed by atoms with E-state index >= 15 is 0 Å². The molecule has 2 N–H and O–H groups in total. The van der Waals surface area contributed by atoms with Crippen LogP contribution in [0.2, 0.25) is 5.02 Å². The van der Waals surface area contributed by atoms with Gasteiger partial charge in [-0.25, -0.2) is 17.5 Å². The van der Waals surface area contributed by atoms with E-state index in [9.17, 15) is 17.6 Å². The fraction of sp³-hybridized carbons (Fsp3) is 0.286. The zero-order valence-electron chi connectivity index (χ0n) is 12.9. The van der Waals surface area contributed by atoms with Gasteiger partial charge in [0.15, 0.2) is 5.76 Å². The Bertz CT molecular complexity index is 847. The van der Waals surface area contributed by atoms with Crippen molar-refractivity contribution in [3.05, 3.63) is 40.5 Å². The number of hydrogen-bond acceptors (Lipinski definition) is 5. The Balaban J connectivity index is 1.91. The summed E-state index contributed by atoms with van der Waals surface area (Å²) in [5.41, 5.74) is 0.561. The second kappa shape index (κ2) is 7.29. The number of nitrogens with one attached hydrogen (secondary N) is 2. The van der Waals surface area contributed by atoms with E-state index in [2.05, 4.69) is 15.2 Å². The molecule has 0 fully saturated rings. The molecule has 0 atom stereocenters.